The van der Waals surface area contributed by atoms with Crippen LogP contribution in [0.25, 0.3) is 0 Å². The lowest BCUT2D eigenvalue weighted by atomic mass is 10.0. The van der Waals surface area contributed by atoms with E-state index in [4.69, 9.17) is 0 Å². The van der Waals surface area contributed by atoms with Gasteiger partial charge in [0, 0.05) is 39.3 Å². The van der Waals surface area contributed by atoms with E-state index in [1.165, 1.54) is 0 Å². The number of piperazine rings is 1. The monoisotopic (exact) mass is 323 g/mol. The van der Waals surface area contributed by atoms with Gasteiger partial charge in [-0.2, -0.15) is 11.3 Å². The summed E-state index contributed by atoms with van der Waals surface area (Å²) in [6, 6.07) is 2.09. The van der Waals surface area contributed by atoms with Crippen molar-refractivity contribution in [1.82, 2.24) is 14.7 Å². The van der Waals surface area contributed by atoms with E-state index >= 15 is 0 Å². The Bertz CT molecular complexity index is 491. The molecule has 0 saturated carbocycles. The first-order valence-corrected chi connectivity index (χ1v) is 8.87. The molecule has 2 heterocycles. The van der Waals surface area contributed by atoms with Crippen LogP contribution >= 0.6 is 11.3 Å². The minimum absolute atomic E-state index is 0.0861. The zero-order chi connectivity index (χ0) is 16.1. The SMILES string of the molecule is CCN(CC)C(=O)N1CCN(C(=O)C(C)c2ccsc2)CC1. The van der Waals surface area contributed by atoms with Crippen molar-refractivity contribution in [2.75, 3.05) is 39.3 Å². The van der Waals surface area contributed by atoms with Gasteiger partial charge in [-0.25, -0.2) is 4.79 Å². The van der Waals surface area contributed by atoms with Crippen LogP contribution in [0.3, 0.4) is 0 Å². The number of carbonyl (C=O) groups excluding carboxylic acids is 2. The molecular formula is C16H25N3O2S. The van der Waals surface area contributed by atoms with Crippen molar-refractivity contribution in [3.63, 3.8) is 0 Å². The molecule has 0 N–H and O–H groups in total. The summed E-state index contributed by atoms with van der Waals surface area (Å²) in [5.74, 6) is 0.0598. The highest BCUT2D eigenvalue weighted by atomic mass is 32.1. The second-order valence-corrected chi connectivity index (χ2v) is 6.33. The van der Waals surface area contributed by atoms with Crippen molar-refractivity contribution in [2.45, 2.75) is 26.7 Å². The summed E-state index contributed by atoms with van der Waals surface area (Å²) in [5.41, 5.74) is 1.08. The van der Waals surface area contributed by atoms with Gasteiger partial charge in [-0.3, -0.25) is 4.79 Å². The van der Waals surface area contributed by atoms with E-state index in [0.29, 0.717) is 26.2 Å². The number of hydrogen-bond donors (Lipinski definition) is 0. The first-order valence-electron chi connectivity index (χ1n) is 7.93. The van der Waals surface area contributed by atoms with Crippen LogP contribution in [0.1, 0.15) is 32.3 Å². The van der Waals surface area contributed by atoms with Crippen LogP contribution in [0.2, 0.25) is 0 Å². The van der Waals surface area contributed by atoms with Crippen molar-refractivity contribution in [3.05, 3.63) is 22.4 Å². The third kappa shape index (κ3) is 3.61. The summed E-state index contributed by atoms with van der Waals surface area (Å²) in [6.45, 7) is 9.88. The molecule has 1 atom stereocenters. The number of hydrogen-bond acceptors (Lipinski definition) is 3. The van der Waals surface area contributed by atoms with Crippen molar-refractivity contribution >= 4 is 23.3 Å². The summed E-state index contributed by atoms with van der Waals surface area (Å²) in [7, 11) is 0. The third-order valence-corrected chi connectivity index (χ3v) is 5.01. The van der Waals surface area contributed by atoms with Gasteiger partial charge in [0.25, 0.3) is 0 Å². The molecule has 2 rings (SSSR count). The average Bonchev–Trinajstić information content (AvgIpc) is 3.09. The maximum atomic E-state index is 12.5. The van der Waals surface area contributed by atoms with Crippen molar-refractivity contribution in [2.24, 2.45) is 0 Å². The Hall–Kier alpha value is -1.56. The largest absolute Gasteiger partial charge is 0.339 e. The molecule has 0 spiro atoms. The normalized spacial score (nSPS) is 16.5. The second kappa shape index (κ2) is 7.63. The molecule has 1 unspecified atom stereocenters. The fourth-order valence-corrected chi connectivity index (χ4v) is 3.50. The Morgan fingerprint density at radius 3 is 2.27 bits per heavy atom. The van der Waals surface area contributed by atoms with Gasteiger partial charge in [0.2, 0.25) is 5.91 Å². The van der Waals surface area contributed by atoms with Crippen molar-refractivity contribution < 1.29 is 9.59 Å². The van der Waals surface area contributed by atoms with Crippen molar-refractivity contribution in [3.8, 4) is 0 Å². The molecular weight excluding hydrogens is 298 g/mol. The molecule has 0 bridgehead atoms. The van der Waals surface area contributed by atoms with E-state index in [0.717, 1.165) is 18.7 Å². The van der Waals surface area contributed by atoms with E-state index in [2.05, 4.69) is 0 Å². The molecule has 1 aromatic heterocycles. The number of carbonyl (C=O) groups is 2. The van der Waals surface area contributed by atoms with E-state index in [1.54, 1.807) is 11.3 Å². The highest BCUT2D eigenvalue weighted by molar-refractivity contribution is 7.08. The smallest absolute Gasteiger partial charge is 0.320 e. The molecule has 1 aromatic rings. The van der Waals surface area contributed by atoms with E-state index in [9.17, 15) is 9.59 Å². The minimum atomic E-state index is -0.101. The first-order chi connectivity index (χ1) is 10.6. The Morgan fingerprint density at radius 2 is 1.77 bits per heavy atom. The Labute approximate surface area is 136 Å². The number of nitrogens with zero attached hydrogens (tertiary/aromatic N) is 3. The van der Waals surface area contributed by atoms with Crippen LogP contribution in [-0.4, -0.2) is 65.9 Å². The van der Waals surface area contributed by atoms with Gasteiger partial charge >= 0.3 is 6.03 Å². The molecule has 1 fully saturated rings. The first kappa shape index (κ1) is 16.8. The van der Waals surface area contributed by atoms with Crippen molar-refractivity contribution in [1.29, 1.82) is 0 Å². The number of urea groups is 1. The molecule has 0 aromatic carbocycles. The van der Waals surface area contributed by atoms with E-state index < -0.39 is 0 Å². The number of rotatable bonds is 4. The van der Waals surface area contributed by atoms with Gasteiger partial charge in [-0.15, -0.1) is 0 Å². The summed E-state index contributed by atoms with van der Waals surface area (Å²) in [4.78, 5) is 30.4. The number of thiophene rings is 1. The van der Waals surface area contributed by atoms with E-state index in [1.807, 2.05) is 52.3 Å². The summed E-state index contributed by atoms with van der Waals surface area (Å²) >= 11 is 1.62. The van der Waals surface area contributed by atoms with Crippen LogP contribution < -0.4 is 0 Å². The van der Waals surface area contributed by atoms with Crippen LogP contribution in [0.15, 0.2) is 16.8 Å². The molecule has 0 aliphatic carbocycles. The van der Waals surface area contributed by atoms with Crippen LogP contribution in [0.5, 0.6) is 0 Å². The molecule has 6 heteroatoms. The third-order valence-electron chi connectivity index (χ3n) is 4.31. The zero-order valence-corrected chi connectivity index (χ0v) is 14.4. The van der Waals surface area contributed by atoms with Gasteiger partial charge in [-0.1, -0.05) is 0 Å². The lowest BCUT2D eigenvalue weighted by Gasteiger charge is -2.38. The summed E-state index contributed by atoms with van der Waals surface area (Å²) < 4.78 is 0. The zero-order valence-electron chi connectivity index (χ0n) is 13.6. The molecule has 1 aliphatic heterocycles. The van der Waals surface area contributed by atoms with Crippen LogP contribution in [0, 0.1) is 0 Å². The van der Waals surface area contributed by atoms with Gasteiger partial charge in [0.05, 0.1) is 5.92 Å². The topological polar surface area (TPSA) is 43.9 Å². The predicted octanol–water partition coefficient (Wildman–Crippen LogP) is 2.46. The second-order valence-electron chi connectivity index (χ2n) is 5.55. The fourth-order valence-electron chi connectivity index (χ4n) is 2.75. The maximum absolute atomic E-state index is 12.5. The lowest BCUT2D eigenvalue weighted by Crippen LogP contribution is -2.54. The van der Waals surface area contributed by atoms with Gasteiger partial charge in [-0.05, 0) is 43.2 Å². The standard InChI is InChI=1S/C16H25N3O2S/c1-4-17(5-2)16(21)19-9-7-18(8-10-19)15(20)13(3)14-6-11-22-12-14/h6,11-13H,4-5,7-10H2,1-3H3. The molecule has 122 valence electrons. The highest BCUT2D eigenvalue weighted by Crippen LogP contribution is 2.21. The lowest BCUT2D eigenvalue weighted by molar-refractivity contribution is -0.133. The van der Waals surface area contributed by atoms with Gasteiger partial charge < -0.3 is 14.7 Å². The van der Waals surface area contributed by atoms with Gasteiger partial charge in [0.1, 0.15) is 0 Å². The van der Waals surface area contributed by atoms with E-state index in [-0.39, 0.29) is 17.9 Å². The van der Waals surface area contributed by atoms with Crippen LogP contribution in [-0.2, 0) is 4.79 Å². The minimum Gasteiger partial charge on any atom is -0.339 e. The highest BCUT2D eigenvalue weighted by Gasteiger charge is 2.28. The Balaban J connectivity index is 1.89. The van der Waals surface area contributed by atoms with Crippen LogP contribution in [0.4, 0.5) is 4.79 Å². The number of amides is 3. The predicted molar refractivity (Wildman–Crippen MR) is 89.2 cm³/mol. The Kier molecular flexibility index (Phi) is 5.83. The average molecular weight is 323 g/mol. The molecule has 5 nitrogen and oxygen atoms in total. The summed E-state index contributed by atoms with van der Waals surface area (Å²) in [6.07, 6.45) is 0. The fraction of sp³-hybridized carbons (Fsp3) is 0.625. The maximum Gasteiger partial charge on any atom is 0.320 e. The molecule has 3 amide bonds. The molecule has 1 aliphatic rings. The van der Waals surface area contributed by atoms with Gasteiger partial charge in [0.15, 0.2) is 0 Å². The summed E-state index contributed by atoms with van der Waals surface area (Å²) in [5, 5.41) is 4.03. The molecule has 0 radical (unpaired) electrons. The Morgan fingerprint density at radius 1 is 1.18 bits per heavy atom. The molecule has 1 saturated heterocycles. The quantitative estimate of drug-likeness (QED) is 0.854. The molecule has 22 heavy (non-hydrogen) atoms.